The summed E-state index contributed by atoms with van der Waals surface area (Å²) in [5, 5.41) is 8.84. The van der Waals surface area contributed by atoms with E-state index in [0.717, 1.165) is 22.4 Å². The Bertz CT molecular complexity index is 796. The molecule has 0 amide bonds. The first-order valence-corrected chi connectivity index (χ1v) is 7.80. The summed E-state index contributed by atoms with van der Waals surface area (Å²) in [4.78, 5) is 15.3. The molecule has 2 rings (SSSR count). The zero-order chi connectivity index (χ0) is 18.2. The molecule has 130 valence electrons. The van der Waals surface area contributed by atoms with Crippen LogP contribution in [0.25, 0.3) is 0 Å². The van der Waals surface area contributed by atoms with Crippen molar-refractivity contribution in [3.05, 3.63) is 65.7 Å². The minimum atomic E-state index is -1.04. The van der Waals surface area contributed by atoms with E-state index in [0.29, 0.717) is 17.9 Å². The topological polar surface area (TPSA) is 68.1 Å². The van der Waals surface area contributed by atoms with Crippen LogP contribution in [-0.4, -0.2) is 31.0 Å². The fourth-order valence-electron chi connectivity index (χ4n) is 2.37. The van der Waals surface area contributed by atoms with Gasteiger partial charge in [-0.05, 0) is 48.7 Å². The van der Waals surface area contributed by atoms with Crippen LogP contribution in [0.1, 0.15) is 16.7 Å². The number of rotatable bonds is 8. The van der Waals surface area contributed by atoms with Crippen LogP contribution < -0.4 is 9.47 Å². The molecule has 0 fully saturated rings. The highest BCUT2D eigenvalue weighted by Crippen LogP contribution is 2.33. The molecule has 0 unspecified atom stereocenters. The minimum absolute atomic E-state index is 0.414. The van der Waals surface area contributed by atoms with Crippen molar-refractivity contribution in [2.24, 2.45) is 4.99 Å². The highest BCUT2D eigenvalue weighted by molar-refractivity contribution is 5.84. The van der Waals surface area contributed by atoms with E-state index in [1.54, 1.807) is 18.4 Å². The average molecular weight is 339 g/mol. The molecule has 25 heavy (non-hydrogen) atoms. The highest BCUT2D eigenvalue weighted by Gasteiger charge is 2.13. The summed E-state index contributed by atoms with van der Waals surface area (Å²) in [6.07, 6.45) is 3.99. The van der Waals surface area contributed by atoms with Gasteiger partial charge in [0.25, 0.3) is 0 Å². The normalized spacial score (nSPS) is 10.6. The highest BCUT2D eigenvalue weighted by atomic mass is 16.5. The SMILES string of the molecule is C=CCc1cc(C=Nc2cccc(C)c2)cc(OC)c1OCC(=O)O. The Labute approximate surface area is 147 Å². The maximum atomic E-state index is 10.8. The molecule has 0 bridgehead atoms. The third-order valence-electron chi connectivity index (χ3n) is 3.44. The third kappa shape index (κ3) is 5.21. The fourth-order valence-corrected chi connectivity index (χ4v) is 2.37. The number of aliphatic imine (C=N–C) groups is 1. The zero-order valence-electron chi connectivity index (χ0n) is 14.4. The van der Waals surface area contributed by atoms with E-state index in [9.17, 15) is 4.79 Å². The molecule has 0 saturated heterocycles. The van der Waals surface area contributed by atoms with Gasteiger partial charge in [0.05, 0.1) is 12.8 Å². The van der Waals surface area contributed by atoms with Crippen LogP contribution in [0.4, 0.5) is 5.69 Å². The summed E-state index contributed by atoms with van der Waals surface area (Å²) in [5.74, 6) is -0.166. The number of methoxy groups -OCH3 is 1. The molecule has 0 aliphatic carbocycles. The van der Waals surface area contributed by atoms with E-state index in [1.165, 1.54) is 7.11 Å². The van der Waals surface area contributed by atoms with Gasteiger partial charge in [-0.15, -0.1) is 6.58 Å². The van der Waals surface area contributed by atoms with Gasteiger partial charge in [-0.1, -0.05) is 18.2 Å². The number of hydrogen-bond donors (Lipinski definition) is 1. The molecule has 0 aliphatic rings. The molecule has 0 heterocycles. The van der Waals surface area contributed by atoms with Crippen molar-refractivity contribution < 1.29 is 19.4 Å². The Morgan fingerprint density at radius 3 is 2.76 bits per heavy atom. The Morgan fingerprint density at radius 1 is 1.32 bits per heavy atom. The van der Waals surface area contributed by atoms with Crippen molar-refractivity contribution in [3.8, 4) is 11.5 Å². The van der Waals surface area contributed by atoms with Crippen LogP contribution in [0.3, 0.4) is 0 Å². The molecule has 5 heteroatoms. The molecule has 0 atom stereocenters. The number of carbonyl (C=O) groups is 1. The van der Waals surface area contributed by atoms with Crippen LogP contribution in [0.5, 0.6) is 11.5 Å². The Balaban J connectivity index is 2.37. The van der Waals surface area contributed by atoms with Gasteiger partial charge in [-0.3, -0.25) is 4.99 Å². The van der Waals surface area contributed by atoms with Crippen LogP contribution in [0, 0.1) is 6.92 Å². The summed E-state index contributed by atoms with van der Waals surface area (Å²) in [6, 6.07) is 11.5. The second-order valence-corrected chi connectivity index (χ2v) is 5.48. The average Bonchev–Trinajstić information content (AvgIpc) is 2.58. The maximum Gasteiger partial charge on any atom is 0.341 e. The van der Waals surface area contributed by atoms with Crippen molar-refractivity contribution in [3.63, 3.8) is 0 Å². The number of carboxylic acid groups (broad SMARTS) is 1. The van der Waals surface area contributed by atoms with Crippen LogP contribution >= 0.6 is 0 Å². The smallest absolute Gasteiger partial charge is 0.341 e. The Kier molecular flexibility index (Phi) is 6.34. The van der Waals surface area contributed by atoms with Crippen molar-refractivity contribution >= 4 is 17.9 Å². The summed E-state index contributed by atoms with van der Waals surface area (Å²) < 4.78 is 10.8. The number of aliphatic carboxylic acids is 1. The molecule has 0 aromatic heterocycles. The lowest BCUT2D eigenvalue weighted by atomic mass is 10.1. The van der Waals surface area contributed by atoms with Crippen molar-refractivity contribution in [1.82, 2.24) is 0 Å². The van der Waals surface area contributed by atoms with E-state index >= 15 is 0 Å². The summed E-state index contributed by atoms with van der Waals surface area (Å²) >= 11 is 0. The molecule has 0 saturated carbocycles. The fraction of sp³-hybridized carbons (Fsp3) is 0.200. The van der Waals surface area contributed by atoms with E-state index in [4.69, 9.17) is 14.6 Å². The number of carboxylic acids is 1. The first-order valence-electron chi connectivity index (χ1n) is 7.80. The van der Waals surface area contributed by atoms with E-state index in [-0.39, 0.29) is 0 Å². The number of allylic oxidation sites excluding steroid dienone is 1. The van der Waals surface area contributed by atoms with Gasteiger partial charge in [0.15, 0.2) is 18.1 Å². The van der Waals surface area contributed by atoms with Gasteiger partial charge < -0.3 is 14.6 Å². The largest absolute Gasteiger partial charge is 0.493 e. The van der Waals surface area contributed by atoms with Gasteiger partial charge in [0.1, 0.15) is 0 Å². The molecule has 2 aromatic rings. The van der Waals surface area contributed by atoms with E-state index in [1.807, 2.05) is 37.3 Å². The molecule has 1 N–H and O–H groups in total. The van der Waals surface area contributed by atoms with Crippen LogP contribution in [-0.2, 0) is 11.2 Å². The molecular weight excluding hydrogens is 318 g/mol. The number of nitrogens with zero attached hydrogens (tertiary/aromatic N) is 1. The van der Waals surface area contributed by atoms with E-state index < -0.39 is 12.6 Å². The summed E-state index contributed by atoms with van der Waals surface area (Å²) in [7, 11) is 1.52. The molecule has 5 nitrogen and oxygen atoms in total. The molecule has 0 radical (unpaired) electrons. The molecule has 0 spiro atoms. The zero-order valence-corrected chi connectivity index (χ0v) is 14.4. The summed E-state index contributed by atoms with van der Waals surface area (Å²) in [6.45, 7) is 5.31. The van der Waals surface area contributed by atoms with Gasteiger partial charge >= 0.3 is 5.97 Å². The Hall–Kier alpha value is -3.08. The maximum absolute atomic E-state index is 10.8. The number of aryl methyl sites for hydroxylation is 1. The lowest BCUT2D eigenvalue weighted by molar-refractivity contribution is -0.139. The standard InChI is InChI=1S/C20H21NO4/c1-4-6-16-10-15(12-21-17-8-5-7-14(2)9-17)11-18(24-3)20(16)25-13-19(22)23/h4-5,7-12H,1,6,13H2,2-3H3,(H,22,23). The minimum Gasteiger partial charge on any atom is -0.493 e. The van der Waals surface area contributed by atoms with Crippen molar-refractivity contribution in [2.75, 3.05) is 13.7 Å². The van der Waals surface area contributed by atoms with Crippen molar-refractivity contribution in [2.45, 2.75) is 13.3 Å². The lowest BCUT2D eigenvalue weighted by Crippen LogP contribution is -2.11. The monoisotopic (exact) mass is 339 g/mol. The van der Waals surface area contributed by atoms with Gasteiger partial charge in [0, 0.05) is 11.8 Å². The molecular formula is C20H21NO4. The first-order chi connectivity index (χ1) is 12.0. The number of benzene rings is 2. The number of hydrogen-bond acceptors (Lipinski definition) is 4. The van der Waals surface area contributed by atoms with Gasteiger partial charge in [-0.25, -0.2) is 4.79 Å². The summed E-state index contributed by atoms with van der Waals surface area (Å²) in [5.41, 5.74) is 3.62. The van der Waals surface area contributed by atoms with Gasteiger partial charge in [0.2, 0.25) is 0 Å². The molecule has 0 aliphatic heterocycles. The predicted molar refractivity (Wildman–Crippen MR) is 98.5 cm³/mol. The van der Waals surface area contributed by atoms with E-state index in [2.05, 4.69) is 11.6 Å². The second kappa shape index (κ2) is 8.68. The quantitative estimate of drug-likeness (QED) is 0.584. The van der Waals surface area contributed by atoms with Crippen LogP contribution in [0.2, 0.25) is 0 Å². The predicted octanol–water partition coefficient (Wildman–Crippen LogP) is 3.95. The Morgan fingerprint density at radius 2 is 2.12 bits per heavy atom. The van der Waals surface area contributed by atoms with Gasteiger partial charge in [-0.2, -0.15) is 0 Å². The molecule has 2 aromatic carbocycles. The van der Waals surface area contributed by atoms with Crippen LogP contribution in [0.15, 0.2) is 54.0 Å². The van der Waals surface area contributed by atoms with Crippen molar-refractivity contribution in [1.29, 1.82) is 0 Å². The number of ether oxygens (including phenoxy) is 2. The second-order valence-electron chi connectivity index (χ2n) is 5.48. The third-order valence-corrected chi connectivity index (χ3v) is 3.44. The lowest BCUT2D eigenvalue weighted by Gasteiger charge is -2.14. The first kappa shape index (κ1) is 18.3.